The number of para-hydroxylation sites is 4. The molecule has 1 aliphatic carbocycles. The van der Waals surface area contributed by atoms with E-state index in [2.05, 4.69) is 144 Å². The van der Waals surface area contributed by atoms with Crippen LogP contribution >= 0.6 is 0 Å². The summed E-state index contributed by atoms with van der Waals surface area (Å²) in [4.78, 5) is 0. The fourth-order valence-corrected chi connectivity index (χ4v) is 7.53. The Bertz CT molecular complexity index is 1660. The molecule has 0 radical (unpaired) electrons. The zero-order chi connectivity index (χ0) is 25.8. The number of hydrogen-bond acceptors (Lipinski definition) is 0. The Morgan fingerprint density at radius 2 is 1.32 bits per heavy atom. The molecular formula is C35H35N3+2. The molecule has 0 spiro atoms. The van der Waals surface area contributed by atoms with Gasteiger partial charge in [-0.15, -0.1) is 0 Å². The van der Waals surface area contributed by atoms with Crippen LogP contribution in [-0.4, -0.2) is 21.9 Å². The van der Waals surface area contributed by atoms with E-state index in [9.17, 15) is 0 Å². The summed E-state index contributed by atoms with van der Waals surface area (Å²) in [5, 5.41) is 0. The third-order valence-corrected chi connectivity index (χ3v) is 9.27. The van der Waals surface area contributed by atoms with E-state index >= 15 is 0 Å². The van der Waals surface area contributed by atoms with Crippen molar-refractivity contribution < 1.29 is 9.14 Å². The normalized spacial score (nSPS) is 22.8. The van der Waals surface area contributed by atoms with E-state index in [4.69, 9.17) is 0 Å². The van der Waals surface area contributed by atoms with E-state index in [-0.39, 0.29) is 0 Å². The van der Waals surface area contributed by atoms with Crippen molar-refractivity contribution in [2.75, 3.05) is 7.05 Å². The Morgan fingerprint density at radius 3 is 2.11 bits per heavy atom. The van der Waals surface area contributed by atoms with Crippen LogP contribution in [-0.2, 0) is 7.05 Å². The first kappa shape index (κ1) is 23.2. The molecule has 3 heteroatoms. The predicted octanol–water partition coefficient (Wildman–Crippen LogP) is 7.15. The Hall–Kier alpha value is -3.98. The minimum absolute atomic E-state index is 0.317. The number of benzene rings is 4. The third-order valence-electron chi connectivity index (χ3n) is 9.27. The fourth-order valence-electron chi connectivity index (χ4n) is 7.53. The zero-order valence-electron chi connectivity index (χ0n) is 22.5. The van der Waals surface area contributed by atoms with Crippen LogP contribution in [0.1, 0.15) is 48.6 Å². The van der Waals surface area contributed by atoms with Crippen LogP contribution in [0.2, 0.25) is 0 Å². The maximum absolute atomic E-state index is 2.52. The maximum atomic E-state index is 2.52. The zero-order valence-corrected chi connectivity index (χ0v) is 22.5. The average molecular weight is 498 g/mol. The molecule has 38 heavy (non-hydrogen) atoms. The van der Waals surface area contributed by atoms with Crippen LogP contribution in [0.3, 0.4) is 0 Å². The summed E-state index contributed by atoms with van der Waals surface area (Å²) in [6.07, 6.45) is 2.40. The van der Waals surface area contributed by atoms with Gasteiger partial charge < -0.3 is 0 Å². The van der Waals surface area contributed by atoms with E-state index in [1.807, 2.05) is 0 Å². The summed E-state index contributed by atoms with van der Waals surface area (Å²) in [6.45, 7) is 2.50. The number of imidazole rings is 1. The quantitative estimate of drug-likeness (QED) is 0.234. The van der Waals surface area contributed by atoms with E-state index in [0.717, 1.165) is 0 Å². The molecule has 4 aromatic carbocycles. The second-order valence-corrected chi connectivity index (χ2v) is 11.1. The highest BCUT2D eigenvalue weighted by atomic mass is 15.2. The van der Waals surface area contributed by atoms with E-state index in [1.54, 1.807) is 5.71 Å². The Morgan fingerprint density at radius 1 is 0.684 bits per heavy atom. The average Bonchev–Trinajstić information content (AvgIpc) is 3.58. The summed E-state index contributed by atoms with van der Waals surface area (Å²) in [6, 6.07) is 39.9. The molecule has 2 heterocycles. The van der Waals surface area contributed by atoms with Gasteiger partial charge in [0.25, 0.3) is 5.82 Å². The van der Waals surface area contributed by atoms with E-state index in [1.165, 1.54) is 52.2 Å². The van der Waals surface area contributed by atoms with Crippen molar-refractivity contribution in [3.63, 3.8) is 0 Å². The second-order valence-electron chi connectivity index (χ2n) is 11.1. The SMILES string of the molecule is CC1C(C2=[N+](C)c3ccccc3C2c2ccccc2)CCC1c1n(-c2ccccc2)c2ccccc2[n+]1C. The van der Waals surface area contributed by atoms with Crippen LogP contribution in [0.5, 0.6) is 0 Å². The minimum atomic E-state index is 0.317. The van der Waals surface area contributed by atoms with Crippen molar-refractivity contribution >= 4 is 22.4 Å². The summed E-state index contributed by atoms with van der Waals surface area (Å²) in [7, 11) is 4.55. The number of fused-ring (bicyclic) bond motifs is 2. The molecule has 4 atom stereocenters. The van der Waals surface area contributed by atoms with Gasteiger partial charge in [-0.25, -0.2) is 9.14 Å². The lowest BCUT2D eigenvalue weighted by Crippen LogP contribution is -2.37. The highest BCUT2D eigenvalue weighted by Gasteiger charge is 2.50. The van der Waals surface area contributed by atoms with Gasteiger partial charge in [0.1, 0.15) is 12.7 Å². The van der Waals surface area contributed by atoms with Gasteiger partial charge >= 0.3 is 0 Å². The first-order valence-corrected chi connectivity index (χ1v) is 13.9. The first-order valence-electron chi connectivity index (χ1n) is 13.9. The molecule has 1 saturated carbocycles. The minimum Gasteiger partial charge on any atom is -0.229 e. The van der Waals surface area contributed by atoms with Gasteiger partial charge in [0.2, 0.25) is 5.69 Å². The molecule has 7 rings (SSSR count). The Kier molecular flexibility index (Phi) is 5.54. The fraction of sp³-hybridized carbons (Fsp3) is 0.257. The van der Waals surface area contributed by atoms with Crippen molar-refractivity contribution in [2.24, 2.45) is 18.9 Å². The molecule has 4 unspecified atom stereocenters. The van der Waals surface area contributed by atoms with Crippen LogP contribution in [0.25, 0.3) is 16.7 Å². The van der Waals surface area contributed by atoms with Crippen molar-refractivity contribution in [2.45, 2.75) is 31.6 Å². The summed E-state index contributed by atoms with van der Waals surface area (Å²) >= 11 is 0. The van der Waals surface area contributed by atoms with Crippen LogP contribution < -0.4 is 4.57 Å². The standard InChI is InChI=1S/C35H35N3/c1-24-27(34-33(25-14-6-4-7-15-25)29-18-10-11-19-30(29)36(34)2)22-23-28(24)35-37(3)31-20-12-13-21-32(31)38(35)26-16-8-5-9-17-26/h4-21,24,27-28,33H,22-23H2,1-3H3/q+2. The predicted molar refractivity (Wildman–Crippen MR) is 155 cm³/mol. The molecule has 188 valence electrons. The molecule has 1 fully saturated rings. The highest BCUT2D eigenvalue weighted by Crippen LogP contribution is 2.50. The molecule has 0 N–H and O–H groups in total. The maximum Gasteiger partial charge on any atom is 0.265 e. The molecular weight excluding hydrogens is 462 g/mol. The second kappa shape index (κ2) is 9.09. The van der Waals surface area contributed by atoms with E-state index < -0.39 is 0 Å². The van der Waals surface area contributed by atoms with Crippen molar-refractivity contribution in [1.29, 1.82) is 0 Å². The van der Waals surface area contributed by atoms with Crippen LogP contribution in [0.4, 0.5) is 5.69 Å². The number of hydrogen-bond donors (Lipinski definition) is 0. The van der Waals surface area contributed by atoms with E-state index in [0.29, 0.717) is 23.7 Å². The molecule has 0 bridgehead atoms. The third kappa shape index (κ3) is 3.41. The van der Waals surface area contributed by atoms with Gasteiger partial charge in [-0.3, -0.25) is 0 Å². The highest BCUT2D eigenvalue weighted by molar-refractivity contribution is 5.96. The van der Waals surface area contributed by atoms with Crippen LogP contribution in [0, 0.1) is 11.8 Å². The number of nitrogens with zero attached hydrogens (tertiary/aromatic N) is 3. The summed E-state index contributed by atoms with van der Waals surface area (Å²) in [5.74, 6) is 3.24. The molecule has 5 aromatic rings. The van der Waals surface area contributed by atoms with Crippen molar-refractivity contribution in [1.82, 2.24) is 4.57 Å². The van der Waals surface area contributed by atoms with Crippen molar-refractivity contribution in [3.05, 3.63) is 126 Å². The summed E-state index contributed by atoms with van der Waals surface area (Å²) in [5.41, 5.74) is 9.59. The lowest BCUT2D eigenvalue weighted by Gasteiger charge is -2.22. The molecule has 1 aliphatic heterocycles. The van der Waals surface area contributed by atoms with Gasteiger partial charge in [0.05, 0.1) is 18.9 Å². The smallest absolute Gasteiger partial charge is 0.229 e. The molecule has 1 aromatic heterocycles. The van der Waals surface area contributed by atoms with Gasteiger partial charge in [-0.05, 0) is 48.6 Å². The lowest BCUT2D eigenvalue weighted by atomic mass is 9.78. The summed E-state index contributed by atoms with van der Waals surface area (Å²) < 4.78 is 7.49. The van der Waals surface area contributed by atoms with Gasteiger partial charge in [0.15, 0.2) is 16.7 Å². The molecule has 0 amide bonds. The number of aryl methyl sites for hydroxylation is 1. The van der Waals surface area contributed by atoms with Crippen molar-refractivity contribution in [3.8, 4) is 5.69 Å². The number of aromatic nitrogens is 2. The van der Waals surface area contributed by atoms with Gasteiger partial charge in [-0.2, -0.15) is 4.57 Å². The van der Waals surface area contributed by atoms with Crippen LogP contribution in [0.15, 0.2) is 109 Å². The molecule has 2 aliphatic rings. The Balaban J connectivity index is 1.35. The van der Waals surface area contributed by atoms with Gasteiger partial charge in [-0.1, -0.05) is 85.8 Å². The Labute approximate surface area is 225 Å². The largest absolute Gasteiger partial charge is 0.265 e. The first-order chi connectivity index (χ1) is 18.6. The monoisotopic (exact) mass is 497 g/mol. The number of rotatable bonds is 4. The lowest BCUT2D eigenvalue weighted by molar-refractivity contribution is -0.655. The molecule has 0 saturated heterocycles. The van der Waals surface area contributed by atoms with Gasteiger partial charge in [0, 0.05) is 17.5 Å². The topological polar surface area (TPSA) is 11.8 Å². The molecule has 3 nitrogen and oxygen atoms in total.